The maximum atomic E-state index is 10.4. The van der Waals surface area contributed by atoms with Crippen LogP contribution in [0.25, 0.3) is 0 Å². The highest BCUT2D eigenvalue weighted by atomic mass is 35.5. The van der Waals surface area contributed by atoms with Gasteiger partial charge in [0.1, 0.15) is 0 Å². The van der Waals surface area contributed by atoms with Gasteiger partial charge in [-0.2, -0.15) is 0 Å². The molecule has 0 saturated carbocycles. The Morgan fingerprint density at radius 1 is 1.64 bits per heavy atom. The van der Waals surface area contributed by atoms with E-state index in [1.54, 1.807) is 6.92 Å². The number of carbonyl (C=O) groups is 1. The summed E-state index contributed by atoms with van der Waals surface area (Å²) < 4.78 is 0. The predicted octanol–water partition coefficient (Wildman–Crippen LogP) is 2.50. The Kier molecular flexibility index (Phi) is 5.30. The second kappa shape index (κ2) is 5.42. The lowest BCUT2D eigenvalue weighted by Crippen LogP contribution is -2.20. The molecule has 3 heteroatoms. The molecule has 0 radical (unpaired) electrons. The van der Waals surface area contributed by atoms with Gasteiger partial charge < -0.3 is 5.11 Å². The molecule has 66 valence electrons. The van der Waals surface area contributed by atoms with Crippen LogP contribution < -0.4 is 0 Å². The Hall–Kier alpha value is -0.240. The van der Waals surface area contributed by atoms with Crippen molar-refractivity contribution in [2.75, 3.05) is 0 Å². The number of unbranched alkanes of at least 4 members (excludes halogenated alkanes) is 1. The van der Waals surface area contributed by atoms with E-state index in [0.717, 1.165) is 19.3 Å². The van der Waals surface area contributed by atoms with Gasteiger partial charge in [-0.25, -0.2) is 0 Å². The van der Waals surface area contributed by atoms with Gasteiger partial charge in [0.05, 0.1) is 5.92 Å². The van der Waals surface area contributed by atoms with Crippen molar-refractivity contribution in [3.8, 4) is 0 Å². The molecule has 0 saturated heterocycles. The summed E-state index contributed by atoms with van der Waals surface area (Å²) in [6, 6.07) is 0. The fourth-order valence-electron chi connectivity index (χ4n) is 0.804. The van der Waals surface area contributed by atoms with E-state index in [1.807, 2.05) is 0 Å². The molecule has 0 amide bonds. The van der Waals surface area contributed by atoms with E-state index >= 15 is 0 Å². The third-order valence-corrected chi connectivity index (χ3v) is 2.36. The van der Waals surface area contributed by atoms with E-state index < -0.39 is 11.9 Å². The van der Waals surface area contributed by atoms with Gasteiger partial charge in [0.2, 0.25) is 0 Å². The molecule has 0 aliphatic carbocycles. The van der Waals surface area contributed by atoms with Gasteiger partial charge in [0.25, 0.3) is 0 Å². The minimum absolute atomic E-state index is 0.215. The van der Waals surface area contributed by atoms with E-state index in [0.29, 0.717) is 0 Å². The molecule has 2 unspecified atom stereocenters. The Morgan fingerprint density at radius 2 is 2.18 bits per heavy atom. The number of alkyl halides is 1. The summed E-state index contributed by atoms with van der Waals surface area (Å²) >= 11 is 5.82. The predicted molar refractivity (Wildman–Crippen MR) is 46.0 cm³/mol. The monoisotopic (exact) mass is 178 g/mol. The standard InChI is InChI=1S/C8H15ClO2/c1-3-4-5-7(9)6(2)8(10)11/h6-7H,3-5H2,1-2H3,(H,10,11). The summed E-state index contributed by atoms with van der Waals surface area (Å²) in [4.78, 5) is 10.4. The average molecular weight is 179 g/mol. The molecule has 2 nitrogen and oxygen atoms in total. The first-order valence-electron chi connectivity index (χ1n) is 3.96. The van der Waals surface area contributed by atoms with Crippen LogP contribution in [0.2, 0.25) is 0 Å². The maximum absolute atomic E-state index is 10.4. The van der Waals surface area contributed by atoms with Crippen LogP contribution in [-0.4, -0.2) is 16.5 Å². The van der Waals surface area contributed by atoms with E-state index in [9.17, 15) is 4.79 Å². The Labute approximate surface area is 72.6 Å². The zero-order valence-electron chi connectivity index (χ0n) is 7.01. The minimum atomic E-state index is -0.805. The van der Waals surface area contributed by atoms with Gasteiger partial charge in [-0.1, -0.05) is 26.7 Å². The number of carboxylic acids is 1. The number of rotatable bonds is 5. The van der Waals surface area contributed by atoms with Crippen LogP contribution in [0.15, 0.2) is 0 Å². The lowest BCUT2D eigenvalue weighted by atomic mass is 10.0. The molecule has 0 fully saturated rings. The normalized spacial score (nSPS) is 15.9. The van der Waals surface area contributed by atoms with Crippen LogP contribution in [0.1, 0.15) is 33.1 Å². The third-order valence-electron chi connectivity index (χ3n) is 1.77. The summed E-state index contributed by atoms with van der Waals surface area (Å²) in [7, 11) is 0. The van der Waals surface area contributed by atoms with E-state index in [4.69, 9.17) is 16.7 Å². The van der Waals surface area contributed by atoms with Crippen molar-refractivity contribution in [1.82, 2.24) is 0 Å². The summed E-state index contributed by atoms with van der Waals surface area (Å²) in [5.41, 5.74) is 0. The second-order valence-electron chi connectivity index (χ2n) is 2.79. The number of hydrogen-bond acceptors (Lipinski definition) is 1. The molecular formula is C8H15ClO2. The van der Waals surface area contributed by atoms with E-state index in [-0.39, 0.29) is 5.38 Å². The van der Waals surface area contributed by atoms with Crippen molar-refractivity contribution < 1.29 is 9.90 Å². The highest BCUT2D eigenvalue weighted by Crippen LogP contribution is 2.16. The number of halogens is 1. The average Bonchev–Trinajstić information content (AvgIpc) is 1.98. The van der Waals surface area contributed by atoms with Crippen LogP contribution in [0.4, 0.5) is 0 Å². The Balaban J connectivity index is 3.63. The smallest absolute Gasteiger partial charge is 0.307 e. The maximum Gasteiger partial charge on any atom is 0.307 e. The van der Waals surface area contributed by atoms with Crippen molar-refractivity contribution >= 4 is 17.6 Å². The van der Waals surface area contributed by atoms with Crippen molar-refractivity contribution in [3.05, 3.63) is 0 Å². The minimum Gasteiger partial charge on any atom is -0.481 e. The fraction of sp³-hybridized carbons (Fsp3) is 0.875. The molecule has 0 spiro atoms. The molecule has 0 aromatic heterocycles. The number of aliphatic carboxylic acids is 1. The fourth-order valence-corrected chi connectivity index (χ4v) is 1.07. The summed E-state index contributed by atoms with van der Waals surface area (Å²) in [6.45, 7) is 3.71. The van der Waals surface area contributed by atoms with Crippen LogP contribution >= 0.6 is 11.6 Å². The molecule has 0 aromatic rings. The van der Waals surface area contributed by atoms with E-state index in [2.05, 4.69) is 6.92 Å². The molecule has 0 aliphatic heterocycles. The zero-order chi connectivity index (χ0) is 8.85. The second-order valence-corrected chi connectivity index (χ2v) is 3.35. The van der Waals surface area contributed by atoms with Crippen LogP contribution in [0.3, 0.4) is 0 Å². The van der Waals surface area contributed by atoms with Gasteiger partial charge in [0, 0.05) is 5.38 Å². The SMILES string of the molecule is CCCCC(Cl)C(C)C(=O)O. The van der Waals surface area contributed by atoms with Gasteiger partial charge >= 0.3 is 5.97 Å². The first-order chi connectivity index (χ1) is 5.09. The van der Waals surface area contributed by atoms with Crippen LogP contribution in [-0.2, 0) is 4.79 Å². The highest BCUT2D eigenvalue weighted by molar-refractivity contribution is 6.21. The largest absolute Gasteiger partial charge is 0.481 e. The van der Waals surface area contributed by atoms with Crippen LogP contribution in [0, 0.1) is 5.92 Å². The molecule has 2 atom stereocenters. The van der Waals surface area contributed by atoms with Gasteiger partial charge in [-0.15, -0.1) is 11.6 Å². The molecule has 0 bridgehead atoms. The molecule has 0 heterocycles. The van der Waals surface area contributed by atoms with Crippen LogP contribution in [0.5, 0.6) is 0 Å². The molecule has 1 N–H and O–H groups in total. The molecule has 0 aliphatic rings. The van der Waals surface area contributed by atoms with E-state index in [1.165, 1.54) is 0 Å². The number of hydrogen-bond donors (Lipinski definition) is 1. The summed E-state index contributed by atoms with van der Waals surface area (Å²) in [6.07, 6.45) is 2.87. The third kappa shape index (κ3) is 4.25. The quantitative estimate of drug-likeness (QED) is 0.657. The van der Waals surface area contributed by atoms with Crippen molar-refractivity contribution in [1.29, 1.82) is 0 Å². The highest BCUT2D eigenvalue weighted by Gasteiger charge is 2.20. The summed E-state index contributed by atoms with van der Waals surface area (Å²) in [5, 5.41) is 8.35. The lowest BCUT2D eigenvalue weighted by molar-refractivity contribution is -0.141. The van der Waals surface area contributed by atoms with Gasteiger partial charge in [0.15, 0.2) is 0 Å². The topological polar surface area (TPSA) is 37.3 Å². The Bertz CT molecular complexity index is 125. The van der Waals surface area contributed by atoms with Crippen molar-refractivity contribution in [2.24, 2.45) is 5.92 Å². The molecular weight excluding hydrogens is 164 g/mol. The van der Waals surface area contributed by atoms with Crippen molar-refractivity contribution in [3.63, 3.8) is 0 Å². The van der Waals surface area contributed by atoms with Crippen molar-refractivity contribution in [2.45, 2.75) is 38.5 Å². The van der Waals surface area contributed by atoms with Gasteiger partial charge in [-0.3, -0.25) is 4.79 Å². The zero-order valence-corrected chi connectivity index (χ0v) is 7.77. The first-order valence-corrected chi connectivity index (χ1v) is 4.40. The number of carboxylic acid groups (broad SMARTS) is 1. The molecule has 0 rings (SSSR count). The van der Waals surface area contributed by atoms with Gasteiger partial charge in [-0.05, 0) is 6.42 Å². The molecule has 0 aromatic carbocycles. The summed E-state index contributed by atoms with van der Waals surface area (Å²) in [5.74, 6) is -1.23. The lowest BCUT2D eigenvalue weighted by Gasteiger charge is -2.12. The Morgan fingerprint density at radius 3 is 2.55 bits per heavy atom. The first kappa shape index (κ1) is 10.8. The molecule has 11 heavy (non-hydrogen) atoms.